The predicted molar refractivity (Wildman–Crippen MR) is 127 cm³/mol. The van der Waals surface area contributed by atoms with E-state index >= 15 is 0 Å². The Balaban J connectivity index is 1.67. The molecule has 1 saturated heterocycles. The van der Waals surface area contributed by atoms with Crippen molar-refractivity contribution < 1.29 is 9.53 Å². The molecule has 3 aromatic rings. The van der Waals surface area contributed by atoms with Crippen LogP contribution in [0, 0.1) is 0 Å². The number of nitrogens with zero attached hydrogens (tertiary/aromatic N) is 2. The van der Waals surface area contributed by atoms with Gasteiger partial charge in [0.05, 0.1) is 21.6 Å². The Morgan fingerprint density at radius 1 is 1.27 bits per heavy atom. The molecular weight excluding hydrogens is 484 g/mol. The Bertz CT molecular complexity index is 1040. The molecular formula is C21H19BrN4O2S2. The van der Waals surface area contributed by atoms with E-state index in [4.69, 9.17) is 17.0 Å². The van der Waals surface area contributed by atoms with Crippen molar-refractivity contribution in [3.8, 4) is 0 Å². The Morgan fingerprint density at radius 2 is 2.07 bits per heavy atom. The van der Waals surface area contributed by atoms with Gasteiger partial charge >= 0.3 is 0 Å². The summed E-state index contributed by atoms with van der Waals surface area (Å²) in [5.74, 6) is -0.194. The number of rotatable bonds is 6. The quantitative estimate of drug-likeness (QED) is 0.477. The molecule has 2 aromatic heterocycles. The molecule has 1 aliphatic rings. The van der Waals surface area contributed by atoms with Gasteiger partial charge in [-0.1, -0.05) is 6.07 Å². The summed E-state index contributed by atoms with van der Waals surface area (Å²) in [6.45, 7) is 0.0168. The number of nitrogens with one attached hydrogen (secondary N) is 2. The summed E-state index contributed by atoms with van der Waals surface area (Å²) in [5, 5.41) is 6.88. The largest absolute Gasteiger partial charge is 0.375 e. The number of amides is 1. The van der Waals surface area contributed by atoms with E-state index in [2.05, 4.69) is 42.5 Å². The molecule has 1 fully saturated rings. The second kappa shape index (κ2) is 9.22. The van der Waals surface area contributed by atoms with E-state index in [-0.39, 0.29) is 24.6 Å². The van der Waals surface area contributed by atoms with Crippen molar-refractivity contribution in [3.05, 3.63) is 75.2 Å². The van der Waals surface area contributed by atoms with Crippen LogP contribution in [-0.4, -0.2) is 29.7 Å². The first-order valence-corrected chi connectivity index (χ1v) is 11.2. The second-order valence-electron chi connectivity index (χ2n) is 6.67. The maximum atomic E-state index is 11.8. The summed E-state index contributed by atoms with van der Waals surface area (Å²) in [6.07, 6.45) is 1.79. The van der Waals surface area contributed by atoms with E-state index in [0.29, 0.717) is 10.8 Å². The number of anilines is 2. The average Bonchev–Trinajstić information content (AvgIpc) is 3.32. The minimum absolute atomic E-state index is 0.0168. The lowest BCUT2D eigenvalue weighted by molar-refractivity contribution is -0.119. The third-order valence-electron chi connectivity index (χ3n) is 4.69. The zero-order valence-electron chi connectivity index (χ0n) is 16.0. The molecule has 1 aliphatic heterocycles. The van der Waals surface area contributed by atoms with Gasteiger partial charge in [0.15, 0.2) is 5.11 Å². The predicted octanol–water partition coefficient (Wildman–Crippen LogP) is 4.67. The molecule has 0 saturated carbocycles. The van der Waals surface area contributed by atoms with Crippen molar-refractivity contribution in [2.24, 2.45) is 0 Å². The van der Waals surface area contributed by atoms with Gasteiger partial charge in [0.1, 0.15) is 6.61 Å². The Labute approximate surface area is 192 Å². The second-order valence-corrected chi connectivity index (χ2v) is 9.55. The van der Waals surface area contributed by atoms with Crippen molar-refractivity contribution in [2.45, 2.75) is 12.1 Å². The highest BCUT2D eigenvalue weighted by atomic mass is 79.9. The van der Waals surface area contributed by atoms with Gasteiger partial charge in [-0.15, -0.1) is 11.3 Å². The van der Waals surface area contributed by atoms with E-state index in [1.54, 1.807) is 17.5 Å². The molecule has 9 heteroatoms. The summed E-state index contributed by atoms with van der Waals surface area (Å²) in [5.41, 5.74) is 2.57. The highest BCUT2D eigenvalue weighted by Gasteiger charge is 2.41. The maximum Gasteiger partial charge on any atom is 0.250 e. The number of hydrogen-bond acceptors (Lipinski definition) is 5. The minimum Gasteiger partial charge on any atom is -0.375 e. The number of carbonyl (C=O) groups excluding carboxylic acids is 1. The molecule has 0 aliphatic carbocycles. The fourth-order valence-electron chi connectivity index (χ4n) is 3.44. The first-order valence-electron chi connectivity index (χ1n) is 9.21. The van der Waals surface area contributed by atoms with Gasteiger partial charge in [-0.2, -0.15) is 0 Å². The van der Waals surface area contributed by atoms with Crippen LogP contribution in [0.5, 0.6) is 0 Å². The molecule has 154 valence electrons. The number of methoxy groups -OCH3 is 1. The molecule has 4 rings (SSSR count). The van der Waals surface area contributed by atoms with Crippen LogP contribution in [0.1, 0.15) is 22.7 Å². The first-order chi connectivity index (χ1) is 14.6. The van der Waals surface area contributed by atoms with Crippen molar-refractivity contribution in [1.29, 1.82) is 0 Å². The zero-order valence-corrected chi connectivity index (χ0v) is 19.3. The number of thiophene rings is 1. The number of carbonyl (C=O) groups is 1. The average molecular weight is 503 g/mol. The van der Waals surface area contributed by atoms with Crippen LogP contribution in [0.4, 0.5) is 11.4 Å². The molecule has 2 atom stereocenters. The zero-order chi connectivity index (χ0) is 21.1. The molecule has 6 nitrogen and oxygen atoms in total. The Kier molecular flexibility index (Phi) is 6.43. The van der Waals surface area contributed by atoms with Gasteiger partial charge in [-0.05, 0) is 76.7 Å². The smallest absolute Gasteiger partial charge is 0.250 e. The lowest BCUT2D eigenvalue weighted by Gasteiger charge is -2.27. The lowest BCUT2D eigenvalue weighted by Crippen LogP contribution is -2.29. The van der Waals surface area contributed by atoms with Crippen LogP contribution >= 0.6 is 39.5 Å². The monoisotopic (exact) mass is 502 g/mol. The number of ether oxygens (including phenoxy) is 1. The summed E-state index contributed by atoms with van der Waals surface area (Å²) >= 11 is 11.0. The molecule has 0 radical (unpaired) electrons. The number of aromatic nitrogens is 1. The van der Waals surface area contributed by atoms with Crippen molar-refractivity contribution in [2.75, 3.05) is 23.9 Å². The molecule has 0 spiro atoms. The van der Waals surface area contributed by atoms with E-state index in [0.717, 1.165) is 15.2 Å². The third kappa shape index (κ3) is 4.39. The summed E-state index contributed by atoms with van der Waals surface area (Å²) < 4.78 is 5.92. The maximum absolute atomic E-state index is 11.8. The van der Waals surface area contributed by atoms with E-state index in [9.17, 15) is 4.79 Å². The van der Waals surface area contributed by atoms with Crippen LogP contribution in [0.25, 0.3) is 0 Å². The van der Waals surface area contributed by atoms with Gasteiger partial charge < -0.3 is 20.3 Å². The number of hydrogen-bond donors (Lipinski definition) is 2. The van der Waals surface area contributed by atoms with E-state index in [1.807, 2.05) is 48.5 Å². The van der Waals surface area contributed by atoms with Crippen LogP contribution < -0.4 is 15.5 Å². The van der Waals surface area contributed by atoms with Crippen LogP contribution in [0.3, 0.4) is 0 Å². The fraction of sp³-hybridized carbons (Fsp3) is 0.190. The molecule has 0 bridgehead atoms. The van der Waals surface area contributed by atoms with Crippen LogP contribution in [0.15, 0.2) is 64.6 Å². The summed E-state index contributed by atoms with van der Waals surface area (Å²) in [7, 11) is 1.49. The van der Waals surface area contributed by atoms with Crippen molar-refractivity contribution in [1.82, 2.24) is 10.3 Å². The lowest BCUT2D eigenvalue weighted by atomic mass is 10.0. The normalized spacial score (nSPS) is 18.3. The molecule has 1 aromatic carbocycles. The highest BCUT2D eigenvalue weighted by molar-refractivity contribution is 9.11. The van der Waals surface area contributed by atoms with E-state index < -0.39 is 0 Å². The molecule has 0 unspecified atom stereocenters. The number of benzene rings is 1. The third-order valence-corrected chi connectivity index (χ3v) is 6.70. The SMILES string of the molecule is COCC(=O)Nc1ccc(N2C(=S)N[C@H](c3ccccn3)[C@@H]2c2ccc(Br)s2)cc1. The topological polar surface area (TPSA) is 66.5 Å². The standard InChI is InChI=1S/C21H19BrN4O2S2/c1-28-12-18(27)24-13-5-7-14(8-6-13)26-20(16-9-10-17(22)30-16)19(25-21(26)29)15-4-2-3-11-23-15/h2-11,19-20H,12H2,1H3,(H,24,27)(H,25,29)/t19-,20+/m1/s1. The molecule has 2 N–H and O–H groups in total. The number of pyridine rings is 1. The number of halogens is 1. The fourth-order valence-corrected chi connectivity index (χ4v) is 5.34. The minimum atomic E-state index is -0.194. The van der Waals surface area contributed by atoms with Crippen LogP contribution in [0.2, 0.25) is 0 Å². The van der Waals surface area contributed by atoms with E-state index in [1.165, 1.54) is 12.0 Å². The highest BCUT2D eigenvalue weighted by Crippen LogP contribution is 2.44. The van der Waals surface area contributed by atoms with Crippen molar-refractivity contribution in [3.63, 3.8) is 0 Å². The Morgan fingerprint density at radius 3 is 2.70 bits per heavy atom. The molecule has 3 heterocycles. The molecule has 1 amide bonds. The van der Waals surface area contributed by atoms with Gasteiger partial charge in [0, 0.05) is 29.6 Å². The number of thiocarbonyl (C=S) groups is 1. The Hall–Kier alpha value is -2.33. The summed E-state index contributed by atoms with van der Waals surface area (Å²) in [4.78, 5) is 19.6. The summed E-state index contributed by atoms with van der Waals surface area (Å²) in [6, 6.07) is 17.6. The first kappa shape index (κ1) is 20.9. The van der Waals surface area contributed by atoms with Gasteiger partial charge in [-0.25, -0.2) is 0 Å². The van der Waals surface area contributed by atoms with Crippen LogP contribution in [-0.2, 0) is 9.53 Å². The molecule has 30 heavy (non-hydrogen) atoms. The van der Waals surface area contributed by atoms with Gasteiger partial charge in [0.2, 0.25) is 5.91 Å². The van der Waals surface area contributed by atoms with Gasteiger partial charge in [0.25, 0.3) is 0 Å². The van der Waals surface area contributed by atoms with Crippen molar-refractivity contribution >= 4 is 61.9 Å². The van der Waals surface area contributed by atoms with Gasteiger partial charge in [-0.3, -0.25) is 9.78 Å².